The van der Waals surface area contributed by atoms with Crippen molar-refractivity contribution in [3.8, 4) is 0 Å². The average molecular weight is 110 g/mol. The van der Waals surface area contributed by atoms with Crippen molar-refractivity contribution < 1.29 is 0 Å². The van der Waals surface area contributed by atoms with Crippen molar-refractivity contribution in [2.24, 2.45) is 0 Å². The highest BCUT2D eigenvalue weighted by atomic mass is 13.8. The van der Waals surface area contributed by atoms with Crippen molar-refractivity contribution in [2.45, 2.75) is 27.7 Å². The predicted molar refractivity (Wildman–Crippen MR) is 38.9 cm³/mol. The van der Waals surface area contributed by atoms with Gasteiger partial charge in [-0.05, 0) is 27.7 Å². The minimum Gasteiger partial charge on any atom is -0.0847 e. The molecule has 0 radical (unpaired) electrons. The Bertz CT molecular complexity index is 112. The number of hydrogen-bond donors (Lipinski definition) is 0. The van der Waals surface area contributed by atoms with E-state index in [1.165, 1.54) is 11.1 Å². The molecule has 0 aliphatic heterocycles. The summed E-state index contributed by atoms with van der Waals surface area (Å²) in [6.45, 7) is 8.36. The molecular formula is C8H14. The topological polar surface area (TPSA) is 0 Å². The fourth-order valence-electron chi connectivity index (χ4n) is 0.539. The van der Waals surface area contributed by atoms with Gasteiger partial charge in [0.1, 0.15) is 0 Å². The Labute approximate surface area is 51.9 Å². The molecule has 0 nitrogen and oxygen atoms in total. The molecule has 0 aliphatic carbocycles. The highest BCUT2D eigenvalue weighted by Gasteiger charge is 1.77. The molecule has 0 aromatic carbocycles. The van der Waals surface area contributed by atoms with Crippen LogP contribution in [-0.4, -0.2) is 0 Å². The second-order valence-corrected chi connectivity index (χ2v) is 2.25. The van der Waals surface area contributed by atoms with E-state index in [1.807, 2.05) is 0 Å². The molecule has 0 amide bonds. The molecule has 0 aromatic rings. The minimum atomic E-state index is 1.34. The van der Waals surface area contributed by atoms with Crippen LogP contribution in [0.25, 0.3) is 0 Å². The van der Waals surface area contributed by atoms with Crippen LogP contribution in [0.5, 0.6) is 0 Å². The van der Waals surface area contributed by atoms with Gasteiger partial charge in [-0.2, -0.15) is 0 Å². The molecule has 0 aromatic heterocycles. The Kier molecular flexibility index (Phi) is 3.25. The zero-order valence-electron chi connectivity index (χ0n) is 6.15. The smallest absolute Gasteiger partial charge is 0.0401 e. The Morgan fingerprint density at radius 3 is 1.75 bits per heavy atom. The zero-order chi connectivity index (χ0) is 6.57. The SMILES string of the molecule is CC=C(C)C=C(C)C. The van der Waals surface area contributed by atoms with Gasteiger partial charge in [0, 0.05) is 0 Å². The van der Waals surface area contributed by atoms with Crippen LogP contribution in [0.1, 0.15) is 27.7 Å². The first-order valence-electron chi connectivity index (χ1n) is 2.94. The Hall–Kier alpha value is -0.520. The van der Waals surface area contributed by atoms with Crippen LogP contribution in [0.4, 0.5) is 0 Å². The second kappa shape index (κ2) is 3.48. The fraction of sp³-hybridized carbons (Fsp3) is 0.500. The molecular weight excluding hydrogens is 96.1 g/mol. The van der Waals surface area contributed by atoms with Gasteiger partial charge in [0.15, 0.2) is 0 Å². The van der Waals surface area contributed by atoms with Gasteiger partial charge in [-0.3, -0.25) is 0 Å². The van der Waals surface area contributed by atoms with E-state index >= 15 is 0 Å². The Morgan fingerprint density at radius 2 is 1.62 bits per heavy atom. The molecule has 0 saturated heterocycles. The van der Waals surface area contributed by atoms with Crippen molar-refractivity contribution in [3.05, 3.63) is 23.3 Å². The predicted octanol–water partition coefficient (Wildman–Crippen LogP) is 2.92. The molecule has 0 bridgehead atoms. The lowest BCUT2D eigenvalue weighted by Crippen LogP contribution is -1.67. The summed E-state index contributed by atoms with van der Waals surface area (Å²) in [5.74, 6) is 0. The van der Waals surface area contributed by atoms with Gasteiger partial charge in [-0.1, -0.05) is 23.3 Å². The lowest BCUT2D eigenvalue weighted by atomic mass is 10.2. The molecule has 0 N–H and O–H groups in total. The highest BCUT2D eigenvalue weighted by Crippen LogP contribution is 1.98. The first-order valence-corrected chi connectivity index (χ1v) is 2.94. The molecule has 46 valence electrons. The summed E-state index contributed by atoms with van der Waals surface area (Å²) < 4.78 is 0. The third kappa shape index (κ3) is 3.66. The molecule has 0 rings (SSSR count). The molecule has 0 aliphatic rings. The van der Waals surface area contributed by atoms with Gasteiger partial charge in [0.05, 0.1) is 0 Å². The Morgan fingerprint density at radius 1 is 1.12 bits per heavy atom. The molecule has 0 fully saturated rings. The number of hydrogen-bond acceptors (Lipinski definition) is 0. The van der Waals surface area contributed by atoms with Crippen molar-refractivity contribution in [3.63, 3.8) is 0 Å². The van der Waals surface area contributed by atoms with Crippen molar-refractivity contribution in [1.29, 1.82) is 0 Å². The van der Waals surface area contributed by atoms with Gasteiger partial charge >= 0.3 is 0 Å². The lowest BCUT2D eigenvalue weighted by Gasteiger charge is -1.88. The third-order valence-corrected chi connectivity index (χ3v) is 0.972. The number of allylic oxidation sites excluding steroid dienone is 4. The van der Waals surface area contributed by atoms with E-state index in [9.17, 15) is 0 Å². The monoisotopic (exact) mass is 110 g/mol. The van der Waals surface area contributed by atoms with Crippen LogP contribution in [0.2, 0.25) is 0 Å². The van der Waals surface area contributed by atoms with Gasteiger partial charge in [0.2, 0.25) is 0 Å². The molecule has 0 atom stereocenters. The van der Waals surface area contributed by atoms with Crippen molar-refractivity contribution >= 4 is 0 Å². The quantitative estimate of drug-likeness (QED) is 0.455. The minimum absolute atomic E-state index is 1.34. The Balaban J connectivity index is 3.89. The normalized spacial score (nSPS) is 11.2. The summed E-state index contributed by atoms with van der Waals surface area (Å²) in [6.07, 6.45) is 4.27. The molecule has 0 saturated carbocycles. The van der Waals surface area contributed by atoms with Crippen molar-refractivity contribution in [1.82, 2.24) is 0 Å². The number of rotatable bonds is 1. The summed E-state index contributed by atoms with van der Waals surface area (Å²) >= 11 is 0. The van der Waals surface area contributed by atoms with E-state index < -0.39 is 0 Å². The largest absolute Gasteiger partial charge is 0.0847 e. The van der Waals surface area contributed by atoms with E-state index in [0.717, 1.165) is 0 Å². The van der Waals surface area contributed by atoms with Crippen LogP contribution >= 0.6 is 0 Å². The molecule has 8 heavy (non-hydrogen) atoms. The first kappa shape index (κ1) is 7.48. The lowest BCUT2D eigenvalue weighted by molar-refractivity contribution is 1.34. The summed E-state index contributed by atoms with van der Waals surface area (Å²) in [7, 11) is 0. The summed E-state index contributed by atoms with van der Waals surface area (Å²) in [4.78, 5) is 0. The summed E-state index contributed by atoms with van der Waals surface area (Å²) in [5, 5.41) is 0. The van der Waals surface area contributed by atoms with Crippen LogP contribution in [-0.2, 0) is 0 Å². The maximum Gasteiger partial charge on any atom is -0.0401 e. The van der Waals surface area contributed by atoms with E-state index in [-0.39, 0.29) is 0 Å². The van der Waals surface area contributed by atoms with E-state index in [1.54, 1.807) is 0 Å². The first-order chi connectivity index (χ1) is 3.66. The second-order valence-electron chi connectivity index (χ2n) is 2.25. The molecule has 0 heteroatoms. The van der Waals surface area contributed by atoms with Crippen LogP contribution < -0.4 is 0 Å². The highest BCUT2D eigenvalue weighted by molar-refractivity contribution is 5.18. The zero-order valence-corrected chi connectivity index (χ0v) is 6.15. The van der Waals surface area contributed by atoms with Gasteiger partial charge < -0.3 is 0 Å². The van der Waals surface area contributed by atoms with E-state index in [0.29, 0.717) is 0 Å². The third-order valence-electron chi connectivity index (χ3n) is 0.972. The van der Waals surface area contributed by atoms with Crippen LogP contribution in [0.15, 0.2) is 23.3 Å². The van der Waals surface area contributed by atoms with Crippen molar-refractivity contribution in [2.75, 3.05) is 0 Å². The maximum absolute atomic E-state index is 2.17. The van der Waals surface area contributed by atoms with Gasteiger partial charge in [-0.25, -0.2) is 0 Å². The van der Waals surface area contributed by atoms with E-state index in [4.69, 9.17) is 0 Å². The summed E-state index contributed by atoms with van der Waals surface area (Å²) in [6, 6.07) is 0. The molecule has 0 unspecified atom stereocenters. The fourth-order valence-corrected chi connectivity index (χ4v) is 0.539. The summed E-state index contributed by atoms with van der Waals surface area (Å²) in [5.41, 5.74) is 2.70. The maximum atomic E-state index is 2.17. The average Bonchev–Trinajstić information content (AvgIpc) is 1.65. The van der Waals surface area contributed by atoms with Gasteiger partial charge in [0.25, 0.3) is 0 Å². The van der Waals surface area contributed by atoms with Crippen LogP contribution in [0, 0.1) is 0 Å². The standard InChI is InChI=1S/C8H14/c1-5-8(4)6-7(2)3/h5-6H,1-4H3. The van der Waals surface area contributed by atoms with E-state index in [2.05, 4.69) is 39.8 Å². The van der Waals surface area contributed by atoms with Gasteiger partial charge in [-0.15, -0.1) is 0 Å². The van der Waals surface area contributed by atoms with Crippen LogP contribution in [0.3, 0.4) is 0 Å². The molecule has 0 spiro atoms. The molecule has 0 heterocycles.